The molecule has 0 radical (unpaired) electrons. The molecule has 0 rings (SSSR count). The first-order valence-corrected chi connectivity index (χ1v) is 6.84. The first-order chi connectivity index (χ1) is 9.58. The van der Waals surface area contributed by atoms with Gasteiger partial charge in [-0.1, -0.05) is 32.8 Å². The fraction of sp³-hybridized carbons (Fsp3) is 0.600. The third kappa shape index (κ3) is 7.74. The van der Waals surface area contributed by atoms with Gasteiger partial charge in [0.15, 0.2) is 0 Å². The van der Waals surface area contributed by atoms with Crippen molar-refractivity contribution >= 4 is 11.9 Å². The van der Waals surface area contributed by atoms with E-state index in [1.807, 2.05) is 0 Å². The Kier molecular flexibility index (Phi) is 10.3. The molecule has 0 aromatic heterocycles. The molecule has 5 heteroatoms. The van der Waals surface area contributed by atoms with Crippen molar-refractivity contribution in [3.05, 3.63) is 23.8 Å². The number of hydrogen-bond donors (Lipinski definition) is 1. The number of carbonyl (C=O) groups excluding carboxylic acids is 2. The number of carbonyl (C=O) groups is 2. The van der Waals surface area contributed by atoms with Gasteiger partial charge in [-0.05, 0) is 18.5 Å². The lowest BCUT2D eigenvalue weighted by atomic mass is 10.0. The Morgan fingerprint density at radius 2 is 1.75 bits per heavy atom. The Bertz CT molecular complexity index is 357. The van der Waals surface area contributed by atoms with Crippen molar-refractivity contribution in [3.8, 4) is 0 Å². The van der Waals surface area contributed by atoms with Gasteiger partial charge in [0.05, 0.1) is 19.8 Å². The van der Waals surface area contributed by atoms with Crippen LogP contribution < -0.4 is 5.32 Å². The molecular formula is C15H25NO4. The molecule has 0 heterocycles. The summed E-state index contributed by atoms with van der Waals surface area (Å²) in [6, 6.07) is 0. The predicted molar refractivity (Wildman–Crippen MR) is 78.2 cm³/mol. The Morgan fingerprint density at radius 3 is 2.25 bits per heavy atom. The van der Waals surface area contributed by atoms with E-state index in [2.05, 4.69) is 28.6 Å². The number of methoxy groups -OCH3 is 2. The zero-order chi connectivity index (χ0) is 15.4. The summed E-state index contributed by atoms with van der Waals surface area (Å²) in [5.41, 5.74) is 0.329. The SMILES string of the molecule is CCC(CC)CNCC=C(C=CC(=O)OC)C(=O)OC. The second-order valence-corrected chi connectivity index (χ2v) is 4.35. The van der Waals surface area contributed by atoms with E-state index < -0.39 is 11.9 Å². The first-order valence-electron chi connectivity index (χ1n) is 6.84. The fourth-order valence-electron chi connectivity index (χ4n) is 1.61. The van der Waals surface area contributed by atoms with Gasteiger partial charge in [0.2, 0.25) is 0 Å². The lowest BCUT2D eigenvalue weighted by molar-refractivity contribution is -0.135. The first kappa shape index (κ1) is 18.4. The summed E-state index contributed by atoms with van der Waals surface area (Å²) < 4.78 is 9.14. The van der Waals surface area contributed by atoms with E-state index in [0.29, 0.717) is 18.0 Å². The van der Waals surface area contributed by atoms with Crippen LogP contribution in [-0.4, -0.2) is 39.2 Å². The van der Waals surface area contributed by atoms with Crippen LogP contribution in [-0.2, 0) is 19.1 Å². The standard InChI is InChI=1S/C15H25NO4/c1-5-12(6-2)11-16-10-9-13(15(18)20-4)7-8-14(17)19-3/h7-9,12,16H,5-6,10-11H2,1-4H3. The molecule has 5 nitrogen and oxygen atoms in total. The highest BCUT2D eigenvalue weighted by atomic mass is 16.5. The highest BCUT2D eigenvalue weighted by Gasteiger charge is 2.07. The van der Waals surface area contributed by atoms with Crippen molar-refractivity contribution in [1.82, 2.24) is 5.32 Å². The molecule has 0 aromatic rings. The zero-order valence-corrected chi connectivity index (χ0v) is 12.8. The van der Waals surface area contributed by atoms with Crippen molar-refractivity contribution in [2.75, 3.05) is 27.3 Å². The summed E-state index contributed by atoms with van der Waals surface area (Å²) in [5.74, 6) is -0.352. The summed E-state index contributed by atoms with van der Waals surface area (Å²) >= 11 is 0. The quantitative estimate of drug-likeness (QED) is 0.303. The maximum atomic E-state index is 11.5. The predicted octanol–water partition coefficient (Wildman–Crippen LogP) is 1.84. The van der Waals surface area contributed by atoms with Gasteiger partial charge in [-0.3, -0.25) is 0 Å². The highest BCUT2D eigenvalue weighted by Crippen LogP contribution is 2.05. The monoisotopic (exact) mass is 283 g/mol. The van der Waals surface area contributed by atoms with Gasteiger partial charge in [0, 0.05) is 12.6 Å². The molecule has 0 atom stereocenters. The molecule has 0 aliphatic rings. The van der Waals surface area contributed by atoms with Gasteiger partial charge in [0.25, 0.3) is 0 Å². The van der Waals surface area contributed by atoms with Gasteiger partial charge in [-0.15, -0.1) is 0 Å². The van der Waals surface area contributed by atoms with Crippen molar-refractivity contribution in [3.63, 3.8) is 0 Å². The normalized spacial score (nSPS) is 11.9. The van der Waals surface area contributed by atoms with Gasteiger partial charge >= 0.3 is 11.9 Å². The van der Waals surface area contributed by atoms with Crippen LogP contribution in [0, 0.1) is 5.92 Å². The Morgan fingerprint density at radius 1 is 1.10 bits per heavy atom. The molecule has 0 saturated carbocycles. The molecule has 0 aromatic carbocycles. The molecule has 20 heavy (non-hydrogen) atoms. The minimum absolute atomic E-state index is 0.329. The van der Waals surface area contributed by atoms with Crippen LogP contribution >= 0.6 is 0 Å². The van der Waals surface area contributed by atoms with Crippen LogP contribution in [0.4, 0.5) is 0 Å². The maximum absolute atomic E-state index is 11.5. The van der Waals surface area contributed by atoms with Crippen LogP contribution in [0.25, 0.3) is 0 Å². The lowest BCUT2D eigenvalue weighted by Crippen LogP contribution is -2.22. The van der Waals surface area contributed by atoms with E-state index in [-0.39, 0.29) is 0 Å². The number of rotatable bonds is 9. The van der Waals surface area contributed by atoms with Gasteiger partial charge in [0.1, 0.15) is 0 Å². The van der Waals surface area contributed by atoms with Crippen LogP contribution in [0.2, 0.25) is 0 Å². The molecule has 0 fully saturated rings. The Balaban J connectivity index is 4.48. The molecule has 0 amide bonds. The van der Waals surface area contributed by atoms with Gasteiger partial charge in [-0.25, -0.2) is 9.59 Å². The maximum Gasteiger partial charge on any atom is 0.337 e. The second-order valence-electron chi connectivity index (χ2n) is 4.35. The number of nitrogens with one attached hydrogen (secondary N) is 1. The third-order valence-electron chi connectivity index (χ3n) is 3.08. The minimum Gasteiger partial charge on any atom is -0.466 e. The van der Waals surface area contributed by atoms with Gasteiger partial charge in [-0.2, -0.15) is 0 Å². The summed E-state index contributed by atoms with van der Waals surface area (Å²) in [7, 11) is 2.59. The van der Waals surface area contributed by atoms with Crippen LogP contribution in [0.3, 0.4) is 0 Å². The number of ether oxygens (including phenoxy) is 2. The van der Waals surface area contributed by atoms with E-state index in [0.717, 1.165) is 19.4 Å². The zero-order valence-electron chi connectivity index (χ0n) is 12.8. The average molecular weight is 283 g/mol. The number of esters is 2. The number of hydrogen-bond acceptors (Lipinski definition) is 5. The van der Waals surface area contributed by atoms with Crippen LogP contribution in [0.5, 0.6) is 0 Å². The lowest BCUT2D eigenvalue weighted by Gasteiger charge is -2.12. The largest absolute Gasteiger partial charge is 0.466 e. The van der Waals surface area contributed by atoms with Crippen molar-refractivity contribution in [2.45, 2.75) is 26.7 Å². The Hall–Kier alpha value is -1.62. The summed E-state index contributed by atoms with van der Waals surface area (Å²) in [4.78, 5) is 22.6. The molecule has 0 aliphatic carbocycles. The summed E-state index contributed by atoms with van der Waals surface area (Å²) in [5, 5.41) is 3.26. The third-order valence-corrected chi connectivity index (χ3v) is 3.08. The minimum atomic E-state index is -0.509. The van der Waals surface area contributed by atoms with E-state index >= 15 is 0 Å². The average Bonchev–Trinajstić information content (AvgIpc) is 2.49. The molecule has 0 spiro atoms. The molecule has 114 valence electrons. The molecule has 1 N–H and O–H groups in total. The fourth-order valence-corrected chi connectivity index (χ4v) is 1.61. The van der Waals surface area contributed by atoms with Crippen molar-refractivity contribution in [2.24, 2.45) is 5.92 Å². The van der Waals surface area contributed by atoms with E-state index in [1.54, 1.807) is 6.08 Å². The molecule has 0 bridgehead atoms. The molecule has 0 saturated heterocycles. The van der Waals surface area contributed by atoms with E-state index in [4.69, 9.17) is 0 Å². The Labute approximate surface area is 121 Å². The summed E-state index contributed by atoms with van der Waals surface area (Å²) in [6.07, 6.45) is 6.55. The van der Waals surface area contributed by atoms with Crippen LogP contribution in [0.1, 0.15) is 26.7 Å². The topological polar surface area (TPSA) is 64.6 Å². The second kappa shape index (κ2) is 11.2. The summed E-state index contributed by atoms with van der Waals surface area (Å²) in [6.45, 7) is 5.76. The van der Waals surface area contributed by atoms with E-state index in [1.165, 1.54) is 26.4 Å². The highest BCUT2D eigenvalue weighted by molar-refractivity contribution is 5.93. The molecular weight excluding hydrogens is 258 g/mol. The van der Waals surface area contributed by atoms with Crippen molar-refractivity contribution < 1.29 is 19.1 Å². The molecule has 0 aliphatic heterocycles. The van der Waals surface area contributed by atoms with Gasteiger partial charge < -0.3 is 14.8 Å². The smallest absolute Gasteiger partial charge is 0.337 e. The van der Waals surface area contributed by atoms with Crippen LogP contribution in [0.15, 0.2) is 23.8 Å². The molecule has 0 unspecified atom stereocenters. The van der Waals surface area contributed by atoms with Crippen molar-refractivity contribution in [1.29, 1.82) is 0 Å². The van der Waals surface area contributed by atoms with E-state index in [9.17, 15) is 9.59 Å².